The smallest absolute Gasteiger partial charge is 0.0185 e. The van der Waals surface area contributed by atoms with Crippen LogP contribution in [0.3, 0.4) is 0 Å². The van der Waals surface area contributed by atoms with Crippen LogP contribution in [0.4, 0.5) is 0 Å². The van der Waals surface area contributed by atoms with E-state index in [0.29, 0.717) is 0 Å². The van der Waals surface area contributed by atoms with Crippen molar-refractivity contribution in [2.45, 2.75) is 51.5 Å². The van der Waals surface area contributed by atoms with Crippen LogP contribution in [0.1, 0.15) is 46.0 Å². The molecule has 3 rings (SSSR count). The van der Waals surface area contributed by atoms with Crippen LogP contribution in [0.15, 0.2) is 0 Å². The lowest BCUT2D eigenvalue weighted by atomic mass is 9.57. The zero-order valence-electron chi connectivity index (χ0n) is 8.34. The van der Waals surface area contributed by atoms with Gasteiger partial charge in [0.1, 0.15) is 0 Å². The molecule has 1 nitrogen and oxygen atoms in total. The molecule has 0 aromatic heterocycles. The van der Waals surface area contributed by atoms with E-state index in [2.05, 4.69) is 13.8 Å². The molecule has 0 heterocycles. The van der Waals surface area contributed by atoms with Crippen molar-refractivity contribution >= 4 is 0 Å². The van der Waals surface area contributed by atoms with E-state index in [0.717, 1.165) is 17.8 Å². The second-order valence-corrected chi connectivity index (χ2v) is 5.26. The maximum absolute atomic E-state index is 6.44. The number of hydrogen-bond acceptors (Lipinski definition) is 1. The number of fused-ring (bicyclic) bond motifs is 3. The van der Waals surface area contributed by atoms with Crippen molar-refractivity contribution in [1.29, 1.82) is 0 Å². The van der Waals surface area contributed by atoms with E-state index in [1.54, 1.807) is 0 Å². The highest BCUT2D eigenvalue weighted by atomic mass is 14.8. The maximum atomic E-state index is 6.44. The minimum Gasteiger partial charge on any atom is -0.325 e. The molecule has 2 bridgehead atoms. The predicted molar refractivity (Wildman–Crippen MR) is 51.8 cm³/mol. The van der Waals surface area contributed by atoms with Gasteiger partial charge in [0.15, 0.2) is 0 Å². The van der Waals surface area contributed by atoms with E-state index in [-0.39, 0.29) is 5.54 Å². The average Bonchev–Trinajstić information content (AvgIpc) is 2.04. The van der Waals surface area contributed by atoms with Gasteiger partial charge in [0.2, 0.25) is 0 Å². The quantitative estimate of drug-likeness (QED) is 0.638. The summed E-state index contributed by atoms with van der Waals surface area (Å²) in [5.41, 5.74) is 6.67. The van der Waals surface area contributed by atoms with E-state index in [9.17, 15) is 0 Å². The van der Waals surface area contributed by atoms with Crippen molar-refractivity contribution in [2.75, 3.05) is 0 Å². The molecule has 2 N–H and O–H groups in total. The zero-order chi connectivity index (χ0) is 8.77. The summed E-state index contributed by atoms with van der Waals surface area (Å²) >= 11 is 0. The highest BCUT2D eigenvalue weighted by Crippen LogP contribution is 2.48. The van der Waals surface area contributed by atoms with Crippen molar-refractivity contribution in [3.8, 4) is 0 Å². The number of rotatable bonds is 1. The Kier molecular flexibility index (Phi) is 1.95. The highest BCUT2D eigenvalue weighted by molar-refractivity contribution is 5.02. The van der Waals surface area contributed by atoms with Crippen LogP contribution in [0, 0.1) is 17.8 Å². The van der Waals surface area contributed by atoms with Gasteiger partial charge < -0.3 is 5.73 Å². The first-order valence-corrected chi connectivity index (χ1v) is 5.41. The first-order chi connectivity index (χ1) is 5.62. The van der Waals surface area contributed by atoms with E-state index < -0.39 is 0 Å². The van der Waals surface area contributed by atoms with Crippen molar-refractivity contribution in [1.82, 2.24) is 0 Å². The average molecular weight is 167 g/mol. The highest BCUT2D eigenvalue weighted by Gasteiger charge is 2.45. The molecule has 1 unspecified atom stereocenters. The molecule has 12 heavy (non-hydrogen) atoms. The van der Waals surface area contributed by atoms with Crippen LogP contribution >= 0.6 is 0 Å². The first kappa shape index (κ1) is 8.55. The van der Waals surface area contributed by atoms with Crippen LogP contribution in [0.25, 0.3) is 0 Å². The van der Waals surface area contributed by atoms with Crippen LogP contribution < -0.4 is 5.73 Å². The van der Waals surface area contributed by atoms with Gasteiger partial charge in [-0.05, 0) is 49.9 Å². The summed E-state index contributed by atoms with van der Waals surface area (Å²) < 4.78 is 0. The first-order valence-electron chi connectivity index (χ1n) is 5.41. The van der Waals surface area contributed by atoms with E-state index in [1.807, 2.05) is 0 Å². The molecule has 0 saturated heterocycles. The number of hydrogen-bond donors (Lipinski definition) is 1. The van der Waals surface area contributed by atoms with Gasteiger partial charge in [0, 0.05) is 5.54 Å². The summed E-state index contributed by atoms with van der Waals surface area (Å²) in [6.07, 6.45) is 6.80. The molecule has 1 atom stereocenters. The van der Waals surface area contributed by atoms with Crippen molar-refractivity contribution < 1.29 is 0 Å². The molecule has 3 aliphatic carbocycles. The lowest BCUT2D eigenvalue weighted by Gasteiger charge is -2.51. The van der Waals surface area contributed by atoms with Crippen molar-refractivity contribution in [3.05, 3.63) is 0 Å². The standard InChI is InChI=1S/C11H21N/c1-8(2)10-7-9-3-5-11(10,12)6-4-9/h8-10H,3-7,12H2,1-2H3. The summed E-state index contributed by atoms with van der Waals surface area (Å²) in [6, 6.07) is 0. The third kappa shape index (κ3) is 1.19. The second kappa shape index (κ2) is 2.73. The third-order valence-electron chi connectivity index (χ3n) is 4.17. The molecule has 3 saturated carbocycles. The van der Waals surface area contributed by atoms with Crippen molar-refractivity contribution in [3.63, 3.8) is 0 Å². The van der Waals surface area contributed by atoms with E-state index >= 15 is 0 Å². The molecule has 0 aromatic carbocycles. The molecule has 0 aromatic rings. The summed E-state index contributed by atoms with van der Waals surface area (Å²) in [7, 11) is 0. The molecule has 0 aliphatic heterocycles. The lowest BCUT2D eigenvalue weighted by molar-refractivity contribution is 0.0396. The van der Waals surface area contributed by atoms with Gasteiger partial charge >= 0.3 is 0 Å². The molecule has 0 radical (unpaired) electrons. The molecule has 0 spiro atoms. The summed E-state index contributed by atoms with van der Waals surface area (Å²) in [5, 5.41) is 0. The predicted octanol–water partition coefficient (Wildman–Crippen LogP) is 2.55. The fraction of sp³-hybridized carbons (Fsp3) is 1.00. The third-order valence-corrected chi connectivity index (χ3v) is 4.17. The second-order valence-electron chi connectivity index (χ2n) is 5.26. The Hall–Kier alpha value is -0.0400. The Bertz CT molecular complexity index is 166. The summed E-state index contributed by atoms with van der Waals surface area (Å²) in [4.78, 5) is 0. The van der Waals surface area contributed by atoms with Gasteiger partial charge in [0.05, 0.1) is 0 Å². The monoisotopic (exact) mass is 167 g/mol. The van der Waals surface area contributed by atoms with Gasteiger partial charge in [-0.1, -0.05) is 13.8 Å². The largest absolute Gasteiger partial charge is 0.325 e. The van der Waals surface area contributed by atoms with E-state index in [4.69, 9.17) is 5.73 Å². The van der Waals surface area contributed by atoms with Gasteiger partial charge in [0.25, 0.3) is 0 Å². The van der Waals surface area contributed by atoms with Crippen LogP contribution in [0.5, 0.6) is 0 Å². The lowest BCUT2D eigenvalue weighted by Crippen LogP contribution is -2.56. The van der Waals surface area contributed by atoms with Gasteiger partial charge in [-0.25, -0.2) is 0 Å². The molecular weight excluding hydrogens is 146 g/mol. The van der Waals surface area contributed by atoms with Crippen molar-refractivity contribution in [2.24, 2.45) is 23.5 Å². The van der Waals surface area contributed by atoms with E-state index in [1.165, 1.54) is 32.1 Å². The SMILES string of the molecule is CC(C)C1CC2CCC1(N)CC2. The molecular formula is C11H21N. The maximum Gasteiger partial charge on any atom is 0.0185 e. The normalized spacial score (nSPS) is 47.0. The fourth-order valence-electron chi connectivity index (χ4n) is 3.35. The summed E-state index contributed by atoms with van der Waals surface area (Å²) in [5.74, 6) is 2.62. The van der Waals surface area contributed by atoms with Crippen LogP contribution in [-0.2, 0) is 0 Å². The van der Waals surface area contributed by atoms with Gasteiger partial charge in [-0.15, -0.1) is 0 Å². The molecule has 3 aliphatic rings. The minimum absolute atomic E-state index is 0.225. The Morgan fingerprint density at radius 3 is 2.17 bits per heavy atom. The number of nitrogens with two attached hydrogens (primary N) is 1. The van der Waals surface area contributed by atoms with Gasteiger partial charge in [-0.3, -0.25) is 0 Å². The zero-order valence-corrected chi connectivity index (χ0v) is 8.34. The fourth-order valence-corrected chi connectivity index (χ4v) is 3.35. The Labute approximate surface area is 75.7 Å². The Morgan fingerprint density at radius 2 is 1.83 bits per heavy atom. The molecule has 3 fully saturated rings. The molecule has 0 amide bonds. The van der Waals surface area contributed by atoms with Crippen LogP contribution in [-0.4, -0.2) is 5.54 Å². The molecule has 1 heteroatoms. The molecule has 70 valence electrons. The Morgan fingerprint density at radius 1 is 1.25 bits per heavy atom. The van der Waals surface area contributed by atoms with Crippen LogP contribution in [0.2, 0.25) is 0 Å². The van der Waals surface area contributed by atoms with Gasteiger partial charge in [-0.2, -0.15) is 0 Å². The topological polar surface area (TPSA) is 26.0 Å². The minimum atomic E-state index is 0.225. The Balaban J connectivity index is 2.15. The summed E-state index contributed by atoms with van der Waals surface area (Å²) in [6.45, 7) is 4.67.